The summed E-state index contributed by atoms with van der Waals surface area (Å²) in [5, 5.41) is 14.9. The number of pyridine rings is 1. The fourth-order valence-corrected chi connectivity index (χ4v) is 1.92. The van der Waals surface area contributed by atoms with Crippen LogP contribution in [0.1, 0.15) is 5.56 Å². The summed E-state index contributed by atoms with van der Waals surface area (Å²) >= 11 is 0. The van der Waals surface area contributed by atoms with E-state index >= 15 is 0 Å². The van der Waals surface area contributed by atoms with Crippen LogP contribution in [0.4, 0.5) is 0 Å². The van der Waals surface area contributed by atoms with Crippen LogP contribution >= 0.6 is 0 Å². The Labute approximate surface area is 98.2 Å². The van der Waals surface area contributed by atoms with Crippen molar-refractivity contribution in [3.05, 3.63) is 54.5 Å². The van der Waals surface area contributed by atoms with Crippen LogP contribution in [0.5, 0.6) is 5.75 Å². The van der Waals surface area contributed by atoms with Crippen molar-refractivity contribution in [1.29, 1.82) is 0 Å². The van der Waals surface area contributed by atoms with Gasteiger partial charge in [-0.05, 0) is 23.8 Å². The number of phenols is 1. The Morgan fingerprint density at radius 2 is 2.06 bits per heavy atom. The number of aromatic hydroxyl groups is 1. The largest absolute Gasteiger partial charge is 0.506 e. The van der Waals surface area contributed by atoms with Gasteiger partial charge in [0.1, 0.15) is 11.3 Å². The first-order valence-electron chi connectivity index (χ1n) is 5.37. The van der Waals surface area contributed by atoms with Crippen LogP contribution < -0.4 is 0 Å². The molecule has 0 radical (unpaired) electrons. The quantitative estimate of drug-likeness (QED) is 0.727. The summed E-state index contributed by atoms with van der Waals surface area (Å²) in [7, 11) is 0. The number of phenolic OH excluding ortho intramolecular Hbond substituents is 1. The van der Waals surface area contributed by atoms with E-state index in [0.717, 1.165) is 10.9 Å². The molecule has 0 saturated carbocycles. The summed E-state index contributed by atoms with van der Waals surface area (Å²) in [6, 6.07) is 9.30. The molecule has 4 heteroatoms. The van der Waals surface area contributed by atoms with E-state index in [2.05, 4.69) is 10.1 Å². The van der Waals surface area contributed by atoms with Crippen LogP contribution in [0.3, 0.4) is 0 Å². The number of fused-ring (bicyclic) bond motifs is 1. The van der Waals surface area contributed by atoms with Crippen molar-refractivity contribution in [3.63, 3.8) is 0 Å². The lowest BCUT2D eigenvalue weighted by Gasteiger charge is -2.07. The summed E-state index contributed by atoms with van der Waals surface area (Å²) in [4.78, 5) is 4.19. The summed E-state index contributed by atoms with van der Waals surface area (Å²) < 4.78 is 1.85. The molecule has 1 aromatic carbocycles. The van der Waals surface area contributed by atoms with E-state index < -0.39 is 0 Å². The van der Waals surface area contributed by atoms with E-state index in [4.69, 9.17) is 0 Å². The third-order valence-corrected chi connectivity index (χ3v) is 2.73. The van der Waals surface area contributed by atoms with Crippen molar-refractivity contribution in [2.45, 2.75) is 6.54 Å². The zero-order valence-corrected chi connectivity index (χ0v) is 9.11. The minimum absolute atomic E-state index is 0.213. The molecular formula is C13H11N3O. The van der Waals surface area contributed by atoms with Crippen LogP contribution in [-0.2, 0) is 6.54 Å². The lowest BCUT2D eigenvalue weighted by atomic mass is 10.1. The maximum Gasteiger partial charge on any atom is 0.141 e. The molecule has 0 aliphatic heterocycles. The Morgan fingerprint density at radius 1 is 1.12 bits per heavy atom. The van der Waals surface area contributed by atoms with Gasteiger partial charge in [0.15, 0.2) is 0 Å². The molecule has 0 bridgehead atoms. The van der Waals surface area contributed by atoms with Crippen molar-refractivity contribution in [3.8, 4) is 5.75 Å². The van der Waals surface area contributed by atoms with Crippen LogP contribution in [0.15, 0.2) is 48.9 Å². The molecule has 2 aromatic heterocycles. The van der Waals surface area contributed by atoms with E-state index in [0.29, 0.717) is 12.1 Å². The van der Waals surface area contributed by atoms with Gasteiger partial charge in [-0.15, -0.1) is 0 Å². The second kappa shape index (κ2) is 3.90. The van der Waals surface area contributed by atoms with Gasteiger partial charge in [-0.25, -0.2) is 0 Å². The lowest BCUT2D eigenvalue weighted by Crippen LogP contribution is -2.00. The molecule has 0 aliphatic rings. The SMILES string of the molecule is Oc1ccc(Cn2cccn2)c2cccnc12. The van der Waals surface area contributed by atoms with E-state index in [1.54, 1.807) is 18.5 Å². The molecule has 0 unspecified atom stereocenters. The molecule has 84 valence electrons. The van der Waals surface area contributed by atoms with E-state index in [-0.39, 0.29) is 5.75 Å². The monoisotopic (exact) mass is 225 g/mol. The molecule has 0 aliphatic carbocycles. The summed E-state index contributed by atoms with van der Waals surface area (Å²) in [6.07, 6.45) is 5.34. The van der Waals surface area contributed by atoms with Crippen molar-refractivity contribution in [2.24, 2.45) is 0 Å². The number of rotatable bonds is 2. The normalized spacial score (nSPS) is 10.8. The van der Waals surface area contributed by atoms with E-state index in [1.807, 2.05) is 35.1 Å². The molecule has 0 fully saturated rings. The fraction of sp³-hybridized carbons (Fsp3) is 0.0769. The van der Waals surface area contributed by atoms with Gasteiger partial charge >= 0.3 is 0 Å². The molecule has 3 aromatic rings. The number of aromatic nitrogens is 3. The molecule has 2 heterocycles. The lowest BCUT2D eigenvalue weighted by molar-refractivity contribution is 0.480. The Morgan fingerprint density at radius 3 is 2.88 bits per heavy atom. The molecule has 0 atom stereocenters. The predicted molar refractivity (Wildman–Crippen MR) is 64.7 cm³/mol. The minimum Gasteiger partial charge on any atom is -0.506 e. The van der Waals surface area contributed by atoms with Gasteiger partial charge in [0.25, 0.3) is 0 Å². The molecule has 1 N–H and O–H groups in total. The highest BCUT2D eigenvalue weighted by molar-refractivity contribution is 5.87. The Balaban J connectivity index is 2.14. The van der Waals surface area contributed by atoms with Crippen molar-refractivity contribution in [2.75, 3.05) is 0 Å². The molecule has 3 rings (SSSR count). The molecule has 4 nitrogen and oxygen atoms in total. The molecule has 17 heavy (non-hydrogen) atoms. The smallest absolute Gasteiger partial charge is 0.141 e. The highest BCUT2D eigenvalue weighted by atomic mass is 16.3. The van der Waals surface area contributed by atoms with Crippen molar-refractivity contribution in [1.82, 2.24) is 14.8 Å². The van der Waals surface area contributed by atoms with Crippen LogP contribution in [0.25, 0.3) is 10.9 Å². The average molecular weight is 225 g/mol. The van der Waals surface area contributed by atoms with Gasteiger partial charge in [0, 0.05) is 24.0 Å². The highest BCUT2D eigenvalue weighted by Crippen LogP contribution is 2.25. The number of nitrogens with zero attached hydrogens (tertiary/aromatic N) is 3. The third kappa shape index (κ3) is 1.73. The van der Waals surface area contributed by atoms with Gasteiger partial charge in [-0.2, -0.15) is 5.10 Å². The zero-order chi connectivity index (χ0) is 11.7. The number of hydrogen-bond acceptors (Lipinski definition) is 3. The zero-order valence-electron chi connectivity index (χ0n) is 9.11. The molecule has 0 spiro atoms. The maximum absolute atomic E-state index is 9.74. The van der Waals surface area contributed by atoms with Crippen molar-refractivity contribution < 1.29 is 5.11 Å². The Kier molecular flexibility index (Phi) is 2.26. The third-order valence-electron chi connectivity index (χ3n) is 2.73. The second-order valence-corrected chi connectivity index (χ2v) is 3.85. The van der Waals surface area contributed by atoms with Gasteiger partial charge in [0.05, 0.1) is 6.54 Å². The molecule has 0 saturated heterocycles. The highest BCUT2D eigenvalue weighted by Gasteiger charge is 2.06. The summed E-state index contributed by atoms with van der Waals surface area (Å²) in [6.45, 7) is 0.676. The number of hydrogen-bond donors (Lipinski definition) is 1. The second-order valence-electron chi connectivity index (χ2n) is 3.85. The van der Waals surface area contributed by atoms with Gasteiger partial charge in [-0.1, -0.05) is 12.1 Å². The van der Waals surface area contributed by atoms with Gasteiger partial charge in [-0.3, -0.25) is 9.67 Å². The van der Waals surface area contributed by atoms with Crippen LogP contribution in [-0.4, -0.2) is 19.9 Å². The first-order chi connectivity index (χ1) is 8.34. The fourth-order valence-electron chi connectivity index (χ4n) is 1.92. The minimum atomic E-state index is 0.213. The van der Waals surface area contributed by atoms with Crippen LogP contribution in [0.2, 0.25) is 0 Å². The van der Waals surface area contributed by atoms with Crippen molar-refractivity contribution >= 4 is 10.9 Å². The number of benzene rings is 1. The molecule has 0 amide bonds. The summed E-state index contributed by atoms with van der Waals surface area (Å²) in [5.41, 5.74) is 1.73. The maximum atomic E-state index is 9.74. The topological polar surface area (TPSA) is 50.9 Å². The van der Waals surface area contributed by atoms with Crippen LogP contribution in [0, 0.1) is 0 Å². The van der Waals surface area contributed by atoms with Gasteiger partial charge < -0.3 is 5.11 Å². The summed E-state index contributed by atoms with van der Waals surface area (Å²) in [5.74, 6) is 0.213. The Hall–Kier alpha value is -2.36. The predicted octanol–water partition coefficient (Wildman–Crippen LogP) is 2.19. The first kappa shape index (κ1) is 9.84. The average Bonchev–Trinajstić information content (AvgIpc) is 2.86. The first-order valence-corrected chi connectivity index (χ1v) is 5.37. The standard InChI is InChI=1S/C13H11N3O/c17-12-5-4-10(9-16-8-2-7-15-16)11-3-1-6-14-13(11)12/h1-8,17H,9H2. The Bertz CT molecular complexity index is 647. The van der Waals surface area contributed by atoms with E-state index in [1.165, 1.54) is 0 Å². The molecular weight excluding hydrogens is 214 g/mol. The van der Waals surface area contributed by atoms with E-state index in [9.17, 15) is 5.11 Å². The van der Waals surface area contributed by atoms with Gasteiger partial charge in [0.2, 0.25) is 0 Å².